The van der Waals surface area contributed by atoms with Crippen molar-refractivity contribution in [2.45, 2.75) is 57.2 Å². The van der Waals surface area contributed by atoms with Gasteiger partial charge in [0.25, 0.3) is 0 Å². The van der Waals surface area contributed by atoms with Gasteiger partial charge in [-0.25, -0.2) is 0 Å². The van der Waals surface area contributed by atoms with Crippen LogP contribution in [0.4, 0.5) is 0 Å². The minimum Gasteiger partial charge on any atom is -0.348 e. The van der Waals surface area contributed by atoms with Gasteiger partial charge in [0.15, 0.2) is 0 Å². The number of carbonyl (C=O) groups excluding carboxylic acids is 1. The summed E-state index contributed by atoms with van der Waals surface area (Å²) >= 11 is 3.48. The number of benzene rings is 1. The van der Waals surface area contributed by atoms with Gasteiger partial charge >= 0.3 is 0 Å². The zero-order valence-corrected chi connectivity index (χ0v) is 14.0. The van der Waals surface area contributed by atoms with Crippen molar-refractivity contribution in [3.8, 4) is 0 Å². The third-order valence-electron chi connectivity index (χ3n) is 4.89. The molecule has 4 atom stereocenters. The average molecular weight is 351 g/mol. The molecule has 3 nitrogen and oxygen atoms in total. The van der Waals surface area contributed by atoms with Crippen molar-refractivity contribution in [3.63, 3.8) is 0 Å². The topological polar surface area (TPSA) is 41.1 Å². The third kappa shape index (κ3) is 3.49. The van der Waals surface area contributed by atoms with Gasteiger partial charge in [-0.2, -0.15) is 0 Å². The van der Waals surface area contributed by atoms with Crippen molar-refractivity contribution in [1.82, 2.24) is 10.6 Å². The lowest BCUT2D eigenvalue weighted by Crippen LogP contribution is -2.43. The fraction of sp³-hybridized carbons (Fsp3) is 0.588. The lowest BCUT2D eigenvalue weighted by molar-refractivity contribution is -0.123. The number of hydrogen-bond donors (Lipinski definition) is 2. The lowest BCUT2D eigenvalue weighted by atomic mass is 9.85. The van der Waals surface area contributed by atoms with Gasteiger partial charge in [-0.15, -0.1) is 0 Å². The van der Waals surface area contributed by atoms with Crippen molar-refractivity contribution in [3.05, 3.63) is 34.3 Å². The van der Waals surface area contributed by atoms with Crippen LogP contribution in [-0.2, 0) is 4.79 Å². The number of amides is 1. The van der Waals surface area contributed by atoms with Crippen molar-refractivity contribution in [2.75, 3.05) is 0 Å². The average Bonchev–Trinajstić information content (AvgIpc) is 2.91. The molecule has 3 rings (SSSR count). The minimum atomic E-state index is -0.00676. The summed E-state index contributed by atoms with van der Waals surface area (Å²) in [5.74, 6) is 0.854. The van der Waals surface area contributed by atoms with E-state index in [0.717, 1.165) is 16.5 Å². The first-order chi connectivity index (χ1) is 10.1. The van der Waals surface area contributed by atoms with E-state index in [1.54, 1.807) is 0 Å². The van der Waals surface area contributed by atoms with E-state index in [1.807, 2.05) is 19.1 Å². The molecule has 1 aliphatic heterocycles. The molecule has 1 heterocycles. The van der Waals surface area contributed by atoms with Crippen molar-refractivity contribution in [2.24, 2.45) is 5.92 Å². The molecule has 1 saturated carbocycles. The van der Waals surface area contributed by atoms with Crippen molar-refractivity contribution >= 4 is 21.8 Å². The Balaban J connectivity index is 1.59. The van der Waals surface area contributed by atoms with Crippen molar-refractivity contribution in [1.29, 1.82) is 0 Å². The maximum atomic E-state index is 12.5. The summed E-state index contributed by atoms with van der Waals surface area (Å²) in [7, 11) is 0. The van der Waals surface area contributed by atoms with E-state index in [2.05, 4.69) is 38.7 Å². The molecular weight excluding hydrogens is 328 g/mol. The van der Waals surface area contributed by atoms with E-state index < -0.39 is 0 Å². The monoisotopic (exact) mass is 350 g/mol. The summed E-state index contributed by atoms with van der Waals surface area (Å²) in [4.78, 5) is 12.5. The first-order valence-corrected chi connectivity index (χ1v) is 8.74. The fourth-order valence-electron chi connectivity index (χ4n) is 3.69. The highest BCUT2D eigenvalue weighted by atomic mass is 79.9. The second-order valence-electron chi connectivity index (χ2n) is 6.39. The Hall–Kier alpha value is -0.870. The summed E-state index contributed by atoms with van der Waals surface area (Å²) in [6, 6.07) is 8.72. The predicted molar refractivity (Wildman–Crippen MR) is 88.0 cm³/mol. The SMILES string of the molecule is C[C@@H](NC(=O)C1CC2CCCCC2N1)c1cccc(Br)c1. The van der Waals surface area contributed by atoms with Gasteiger partial charge in [-0.3, -0.25) is 4.79 Å². The molecular formula is C17H23BrN2O. The normalized spacial score (nSPS) is 29.7. The molecule has 0 bridgehead atoms. The van der Waals surface area contributed by atoms with Crippen LogP contribution in [0.2, 0.25) is 0 Å². The van der Waals surface area contributed by atoms with E-state index in [4.69, 9.17) is 0 Å². The first-order valence-electron chi connectivity index (χ1n) is 7.95. The lowest BCUT2D eigenvalue weighted by Gasteiger charge is -2.24. The van der Waals surface area contributed by atoms with Crippen LogP contribution in [0.1, 0.15) is 50.6 Å². The highest BCUT2D eigenvalue weighted by Crippen LogP contribution is 2.33. The second-order valence-corrected chi connectivity index (χ2v) is 7.31. The van der Waals surface area contributed by atoms with Crippen LogP contribution in [0.15, 0.2) is 28.7 Å². The van der Waals surface area contributed by atoms with Crippen LogP contribution in [0.3, 0.4) is 0 Å². The quantitative estimate of drug-likeness (QED) is 0.875. The van der Waals surface area contributed by atoms with Gasteiger partial charge in [0.05, 0.1) is 12.1 Å². The molecule has 1 aliphatic carbocycles. The molecule has 21 heavy (non-hydrogen) atoms. The molecule has 2 aliphatic rings. The molecule has 3 unspecified atom stereocenters. The van der Waals surface area contributed by atoms with Gasteiger partial charge in [0, 0.05) is 10.5 Å². The molecule has 0 radical (unpaired) electrons. The molecule has 2 N–H and O–H groups in total. The molecule has 1 aromatic carbocycles. The van der Waals surface area contributed by atoms with E-state index in [1.165, 1.54) is 25.7 Å². The summed E-state index contributed by atoms with van der Waals surface area (Å²) in [5, 5.41) is 6.69. The number of rotatable bonds is 3. The summed E-state index contributed by atoms with van der Waals surface area (Å²) in [6.07, 6.45) is 6.14. The molecule has 2 fully saturated rings. The van der Waals surface area contributed by atoms with E-state index >= 15 is 0 Å². The number of halogens is 1. The van der Waals surface area contributed by atoms with Gasteiger partial charge in [-0.1, -0.05) is 40.9 Å². The van der Waals surface area contributed by atoms with Crippen LogP contribution in [-0.4, -0.2) is 18.0 Å². The highest BCUT2D eigenvalue weighted by Gasteiger charge is 2.38. The van der Waals surface area contributed by atoms with E-state index in [-0.39, 0.29) is 18.0 Å². The van der Waals surface area contributed by atoms with Crippen LogP contribution in [0.5, 0.6) is 0 Å². The number of nitrogens with one attached hydrogen (secondary N) is 2. The maximum Gasteiger partial charge on any atom is 0.237 e. The van der Waals surface area contributed by atoms with E-state index in [0.29, 0.717) is 12.0 Å². The molecule has 0 spiro atoms. The highest BCUT2D eigenvalue weighted by molar-refractivity contribution is 9.10. The summed E-state index contributed by atoms with van der Waals surface area (Å²) in [5.41, 5.74) is 1.13. The largest absolute Gasteiger partial charge is 0.348 e. The Morgan fingerprint density at radius 2 is 2.19 bits per heavy atom. The Morgan fingerprint density at radius 3 is 2.95 bits per heavy atom. The van der Waals surface area contributed by atoms with Crippen molar-refractivity contribution < 1.29 is 4.79 Å². The van der Waals surface area contributed by atoms with Gasteiger partial charge in [-0.05, 0) is 49.8 Å². The Labute approximate surface area is 135 Å². The van der Waals surface area contributed by atoms with Gasteiger partial charge < -0.3 is 10.6 Å². The van der Waals surface area contributed by atoms with Gasteiger partial charge in [0.1, 0.15) is 0 Å². The molecule has 1 amide bonds. The smallest absolute Gasteiger partial charge is 0.237 e. The minimum absolute atomic E-state index is 0.00676. The Bertz CT molecular complexity index is 505. The maximum absolute atomic E-state index is 12.5. The van der Waals surface area contributed by atoms with Gasteiger partial charge in [0.2, 0.25) is 5.91 Å². The Morgan fingerprint density at radius 1 is 1.38 bits per heavy atom. The molecule has 1 saturated heterocycles. The number of fused-ring (bicyclic) bond motifs is 1. The third-order valence-corrected chi connectivity index (χ3v) is 5.38. The molecule has 4 heteroatoms. The van der Waals surface area contributed by atoms with E-state index in [9.17, 15) is 4.79 Å². The fourth-order valence-corrected chi connectivity index (χ4v) is 4.11. The zero-order chi connectivity index (χ0) is 14.8. The van der Waals surface area contributed by atoms with Crippen LogP contribution in [0.25, 0.3) is 0 Å². The molecule has 114 valence electrons. The Kier molecular flexibility index (Phi) is 4.65. The molecule has 0 aromatic heterocycles. The first kappa shape index (κ1) is 15.0. The zero-order valence-electron chi connectivity index (χ0n) is 12.4. The van der Waals surface area contributed by atoms with Crippen LogP contribution >= 0.6 is 15.9 Å². The summed E-state index contributed by atoms with van der Waals surface area (Å²) in [6.45, 7) is 2.04. The standard InChI is InChI=1S/C17H23BrN2O/c1-11(12-6-4-7-14(18)9-12)19-17(21)16-10-13-5-2-3-8-15(13)20-16/h4,6-7,9,11,13,15-16,20H,2-3,5,8,10H2,1H3,(H,19,21)/t11-,13?,15?,16?/m1/s1. The second kappa shape index (κ2) is 6.49. The number of carbonyl (C=O) groups is 1. The number of hydrogen-bond acceptors (Lipinski definition) is 2. The summed E-state index contributed by atoms with van der Waals surface area (Å²) < 4.78 is 1.05. The van der Waals surface area contributed by atoms with Crippen LogP contribution in [0, 0.1) is 5.92 Å². The van der Waals surface area contributed by atoms with Crippen LogP contribution < -0.4 is 10.6 Å². The predicted octanol–water partition coefficient (Wildman–Crippen LogP) is 3.55. The molecule has 1 aromatic rings.